The number of nitrogens with zero attached hydrogens (tertiary/aromatic N) is 1. The number of hydrogen-bond acceptors (Lipinski definition) is 1. The third-order valence-corrected chi connectivity index (χ3v) is 1.89. The average Bonchev–Trinajstić information content (AvgIpc) is 2.69. The summed E-state index contributed by atoms with van der Waals surface area (Å²) in [5.74, 6) is 0. The van der Waals surface area contributed by atoms with Crippen molar-refractivity contribution >= 4 is 0 Å². The van der Waals surface area contributed by atoms with Gasteiger partial charge in [0.25, 0.3) is 0 Å². The Bertz CT molecular complexity index is 363. The molecule has 2 aromatic rings. The summed E-state index contributed by atoms with van der Waals surface area (Å²) in [5.41, 5.74) is 3.48. The van der Waals surface area contributed by atoms with Crippen molar-refractivity contribution in [2.75, 3.05) is 0 Å². The predicted octanol–water partition coefficient (Wildman–Crippen LogP) is 3.41. The number of hydrogen-bond donors (Lipinski definition) is 1. The zero-order valence-corrected chi connectivity index (χ0v) is 8.91. The van der Waals surface area contributed by atoms with Crippen molar-refractivity contribution in [1.29, 1.82) is 0 Å². The molecule has 0 bridgehead atoms. The molecule has 2 nitrogen and oxygen atoms in total. The zero-order chi connectivity index (χ0) is 10.4. The molecule has 0 saturated carbocycles. The van der Waals surface area contributed by atoms with Gasteiger partial charge in [0, 0.05) is 0 Å². The smallest absolute Gasteiger partial charge is 0.0679 e. The van der Waals surface area contributed by atoms with Crippen LogP contribution in [0.15, 0.2) is 36.5 Å². The van der Waals surface area contributed by atoms with E-state index in [-0.39, 0.29) is 0 Å². The van der Waals surface area contributed by atoms with Crippen LogP contribution in [0, 0.1) is 6.92 Å². The van der Waals surface area contributed by atoms with Gasteiger partial charge >= 0.3 is 0 Å². The summed E-state index contributed by atoms with van der Waals surface area (Å²) in [5, 5.41) is 6.94. The molecule has 0 amide bonds. The van der Waals surface area contributed by atoms with Crippen LogP contribution < -0.4 is 0 Å². The molecule has 14 heavy (non-hydrogen) atoms. The number of aryl methyl sites for hydroxylation is 1. The Balaban J connectivity index is 0.000000461. The first-order chi connectivity index (χ1) is 6.88. The largest absolute Gasteiger partial charge is 0.278 e. The van der Waals surface area contributed by atoms with Gasteiger partial charge in [-0.2, -0.15) is 5.10 Å². The topological polar surface area (TPSA) is 28.7 Å². The summed E-state index contributed by atoms with van der Waals surface area (Å²) >= 11 is 0. The van der Waals surface area contributed by atoms with Gasteiger partial charge in [0.2, 0.25) is 0 Å². The number of H-pyrrole nitrogens is 1. The molecule has 1 aromatic heterocycles. The summed E-state index contributed by atoms with van der Waals surface area (Å²) in [7, 11) is 0. The van der Waals surface area contributed by atoms with Gasteiger partial charge < -0.3 is 0 Å². The third kappa shape index (κ3) is 2.22. The van der Waals surface area contributed by atoms with Gasteiger partial charge in [-0.1, -0.05) is 44.2 Å². The van der Waals surface area contributed by atoms with E-state index in [0.29, 0.717) is 0 Å². The minimum absolute atomic E-state index is 1.11. The Morgan fingerprint density at radius 1 is 1.07 bits per heavy atom. The molecule has 1 aromatic carbocycles. The normalized spacial score (nSPS) is 9.07. The standard InChI is InChI=1S/C10H10N2.C2H6/c1-8-7-11-12-10(8)9-5-3-2-4-6-9;1-2/h2-7H,1H3,(H,11,12);1-2H3. The van der Waals surface area contributed by atoms with Crippen LogP contribution in [0.4, 0.5) is 0 Å². The van der Waals surface area contributed by atoms with Crippen LogP contribution in [0.25, 0.3) is 11.3 Å². The van der Waals surface area contributed by atoms with Crippen molar-refractivity contribution < 1.29 is 0 Å². The summed E-state index contributed by atoms with van der Waals surface area (Å²) < 4.78 is 0. The van der Waals surface area contributed by atoms with Gasteiger partial charge in [-0.15, -0.1) is 0 Å². The first-order valence-electron chi connectivity index (χ1n) is 4.93. The second-order valence-corrected chi connectivity index (χ2v) is 2.79. The maximum absolute atomic E-state index is 3.97. The predicted molar refractivity (Wildman–Crippen MR) is 60.1 cm³/mol. The van der Waals surface area contributed by atoms with Crippen LogP contribution >= 0.6 is 0 Å². The van der Waals surface area contributed by atoms with E-state index in [4.69, 9.17) is 0 Å². The van der Waals surface area contributed by atoms with Crippen LogP contribution in [0.1, 0.15) is 19.4 Å². The van der Waals surface area contributed by atoms with Crippen molar-refractivity contribution in [3.8, 4) is 11.3 Å². The minimum atomic E-state index is 1.11. The Morgan fingerprint density at radius 3 is 2.21 bits per heavy atom. The maximum atomic E-state index is 3.97. The molecule has 2 rings (SSSR count). The molecule has 1 N–H and O–H groups in total. The number of aromatic amines is 1. The molecule has 0 aliphatic heterocycles. The maximum Gasteiger partial charge on any atom is 0.0679 e. The molecule has 2 heteroatoms. The van der Waals surface area contributed by atoms with Gasteiger partial charge in [-0.3, -0.25) is 5.10 Å². The van der Waals surface area contributed by atoms with E-state index in [1.54, 1.807) is 0 Å². The van der Waals surface area contributed by atoms with Gasteiger partial charge in [0.15, 0.2) is 0 Å². The molecule has 0 spiro atoms. The van der Waals surface area contributed by atoms with E-state index in [0.717, 1.165) is 5.69 Å². The lowest BCUT2D eigenvalue weighted by atomic mass is 10.1. The fourth-order valence-electron chi connectivity index (χ4n) is 1.24. The van der Waals surface area contributed by atoms with E-state index in [9.17, 15) is 0 Å². The van der Waals surface area contributed by atoms with Gasteiger partial charge in [-0.25, -0.2) is 0 Å². The number of rotatable bonds is 1. The molecule has 0 fully saturated rings. The van der Waals surface area contributed by atoms with Crippen molar-refractivity contribution in [2.24, 2.45) is 0 Å². The summed E-state index contributed by atoms with van der Waals surface area (Å²) in [4.78, 5) is 0. The number of nitrogens with one attached hydrogen (secondary N) is 1. The first kappa shape index (κ1) is 10.5. The van der Waals surface area contributed by atoms with Gasteiger partial charge in [0.1, 0.15) is 0 Å². The van der Waals surface area contributed by atoms with Crippen molar-refractivity contribution in [3.63, 3.8) is 0 Å². The molecular weight excluding hydrogens is 172 g/mol. The lowest BCUT2D eigenvalue weighted by molar-refractivity contribution is 1.10. The Morgan fingerprint density at radius 2 is 1.71 bits per heavy atom. The number of aromatic nitrogens is 2. The molecule has 1 heterocycles. The van der Waals surface area contributed by atoms with E-state index < -0.39 is 0 Å². The quantitative estimate of drug-likeness (QED) is 0.730. The van der Waals surface area contributed by atoms with Crippen molar-refractivity contribution in [2.45, 2.75) is 20.8 Å². The highest BCUT2D eigenvalue weighted by molar-refractivity contribution is 5.61. The van der Waals surface area contributed by atoms with E-state index in [2.05, 4.69) is 22.3 Å². The monoisotopic (exact) mass is 188 g/mol. The molecule has 74 valence electrons. The van der Waals surface area contributed by atoms with E-state index in [1.807, 2.05) is 45.2 Å². The first-order valence-corrected chi connectivity index (χ1v) is 4.93. The SMILES string of the molecule is CC.Cc1cn[nH]c1-c1ccccc1. The summed E-state index contributed by atoms with van der Waals surface area (Å²) in [6, 6.07) is 10.2. The Kier molecular flexibility index (Phi) is 3.92. The van der Waals surface area contributed by atoms with E-state index in [1.165, 1.54) is 11.1 Å². The Labute approximate surface area is 85.0 Å². The second-order valence-electron chi connectivity index (χ2n) is 2.79. The van der Waals surface area contributed by atoms with Crippen LogP contribution in [0.2, 0.25) is 0 Å². The highest BCUT2D eigenvalue weighted by Crippen LogP contribution is 2.18. The minimum Gasteiger partial charge on any atom is -0.278 e. The van der Waals surface area contributed by atoms with E-state index >= 15 is 0 Å². The van der Waals surface area contributed by atoms with Gasteiger partial charge in [0.05, 0.1) is 11.9 Å². The lowest BCUT2D eigenvalue weighted by Crippen LogP contribution is -1.78. The average molecular weight is 188 g/mol. The second kappa shape index (κ2) is 5.22. The Hall–Kier alpha value is -1.57. The molecule has 0 unspecified atom stereocenters. The lowest BCUT2D eigenvalue weighted by Gasteiger charge is -1.96. The molecule has 0 aliphatic rings. The molecule has 0 atom stereocenters. The fraction of sp³-hybridized carbons (Fsp3) is 0.250. The molecule has 0 saturated heterocycles. The highest BCUT2D eigenvalue weighted by atomic mass is 15.1. The van der Waals surface area contributed by atoms with Crippen LogP contribution in [0.3, 0.4) is 0 Å². The zero-order valence-electron chi connectivity index (χ0n) is 8.91. The fourth-order valence-corrected chi connectivity index (χ4v) is 1.24. The highest BCUT2D eigenvalue weighted by Gasteiger charge is 2.00. The summed E-state index contributed by atoms with van der Waals surface area (Å²) in [6.45, 7) is 6.05. The van der Waals surface area contributed by atoms with Crippen LogP contribution in [-0.4, -0.2) is 10.2 Å². The van der Waals surface area contributed by atoms with Crippen molar-refractivity contribution in [3.05, 3.63) is 42.1 Å². The third-order valence-electron chi connectivity index (χ3n) is 1.89. The van der Waals surface area contributed by atoms with Crippen LogP contribution in [-0.2, 0) is 0 Å². The summed E-state index contributed by atoms with van der Waals surface area (Å²) in [6.07, 6.45) is 1.84. The molecule has 0 radical (unpaired) electrons. The van der Waals surface area contributed by atoms with Gasteiger partial charge in [-0.05, 0) is 18.1 Å². The van der Waals surface area contributed by atoms with Crippen LogP contribution in [0.5, 0.6) is 0 Å². The molecule has 0 aliphatic carbocycles. The molecular formula is C12H16N2. The number of benzene rings is 1. The van der Waals surface area contributed by atoms with Crippen molar-refractivity contribution in [1.82, 2.24) is 10.2 Å².